The van der Waals surface area contributed by atoms with E-state index < -0.39 is 0 Å². The fraction of sp³-hybridized carbons (Fsp3) is 0.0417. The molecule has 10 aromatic rings. The Labute approximate surface area is 310 Å². The minimum absolute atomic E-state index is 0.720. The molecular weight excluding hydrogens is 669 g/mol. The first-order valence-electron chi connectivity index (χ1n) is 17.6. The molecule has 0 aliphatic heterocycles. The molecule has 0 saturated carbocycles. The summed E-state index contributed by atoms with van der Waals surface area (Å²) in [4.78, 5) is 12.2. The largest absolute Gasteiger partial charge is 0.228 e. The van der Waals surface area contributed by atoms with Crippen molar-refractivity contribution in [1.82, 2.24) is 9.97 Å². The third-order valence-electron chi connectivity index (χ3n) is 10.2. The Morgan fingerprint density at radius 3 is 1.81 bits per heavy atom. The highest BCUT2D eigenvalue weighted by Gasteiger charge is 2.20. The number of thiophene rings is 2. The maximum Gasteiger partial charge on any atom is 0.161 e. The van der Waals surface area contributed by atoms with Crippen LogP contribution in [0.2, 0.25) is 0 Å². The third kappa shape index (κ3) is 4.90. The average molecular weight is 701 g/mol. The molecule has 0 saturated heterocycles. The SMILES string of the molecule is C/C=C\c1sc2c(-c3cc(-c4cccc5c4sc4ccccc45)nc(-c4ccccc4-c4cc5ccccc5c5ccccc45)n3)cccc2c1C. The molecule has 0 aliphatic rings. The summed E-state index contributed by atoms with van der Waals surface area (Å²) in [6.45, 7) is 4.31. The zero-order valence-electron chi connectivity index (χ0n) is 28.7. The van der Waals surface area contributed by atoms with Crippen molar-refractivity contribution in [3.63, 3.8) is 0 Å². The zero-order valence-corrected chi connectivity index (χ0v) is 30.4. The van der Waals surface area contributed by atoms with Gasteiger partial charge in [0.15, 0.2) is 5.82 Å². The van der Waals surface area contributed by atoms with Crippen molar-refractivity contribution < 1.29 is 0 Å². The van der Waals surface area contributed by atoms with Crippen LogP contribution in [0.4, 0.5) is 0 Å². The van der Waals surface area contributed by atoms with E-state index in [4.69, 9.17) is 9.97 Å². The standard InChI is InChI=1S/C48H32N2S2/c1-3-14-44-29(2)31-22-12-24-39(46(31)51-44)42-28-43(40-25-13-23-37-36-20-10-11-26-45(36)52-47(37)40)50-48(49-42)38-21-9-8-19-35(38)41-27-30-15-4-5-16-32(30)33-17-6-7-18-34(33)41/h3-28H,1-2H3/b14-3-. The Hall–Kier alpha value is -5.94. The van der Waals surface area contributed by atoms with Gasteiger partial charge in [-0.2, -0.15) is 0 Å². The van der Waals surface area contributed by atoms with Crippen LogP contribution in [-0.4, -0.2) is 9.97 Å². The Balaban J connectivity index is 1.27. The van der Waals surface area contributed by atoms with Gasteiger partial charge in [0.1, 0.15) is 0 Å². The van der Waals surface area contributed by atoms with E-state index in [0.717, 1.165) is 39.5 Å². The average Bonchev–Trinajstić information content (AvgIpc) is 3.74. The number of fused-ring (bicyclic) bond motifs is 7. The van der Waals surface area contributed by atoms with Crippen LogP contribution in [0.15, 0.2) is 152 Å². The maximum absolute atomic E-state index is 5.47. The molecule has 0 radical (unpaired) electrons. The fourth-order valence-electron chi connectivity index (χ4n) is 7.76. The van der Waals surface area contributed by atoms with E-state index in [-0.39, 0.29) is 0 Å². The van der Waals surface area contributed by atoms with Gasteiger partial charge < -0.3 is 0 Å². The summed E-state index contributed by atoms with van der Waals surface area (Å²) in [7, 11) is 0. The van der Waals surface area contributed by atoms with E-state index in [1.807, 2.05) is 22.7 Å². The first-order chi connectivity index (χ1) is 25.7. The first-order valence-corrected chi connectivity index (χ1v) is 19.2. The number of nitrogens with zero attached hydrogens (tertiary/aromatic N) is 2. The molecule has 2 nitrogen and oxygen atoms in total. The number of allylic oxidation sites excluding steroid dienone is 1. The van der Waals surface area contributed by atoms with Crippen molar-refractivity contribution in [2.45, 2.75) is 13.8 Å². The second-order valence-corrected chi connectivity index (χ2v) is 15.4. The first kappa shape index (κ1) is 30.8. The minimum atomic E-state index is 0.720. The molecule has 0 bridgehead atoms. The van der Waals surface area contributed by atoms with Gasteiger partial charge in [-0.05, 0) is 81.7 Å². The molecule has 7 aromatic carbocycles. The van der Waals surface area contributed by atoms with E-state index in [1.165, 1.54) is 67.8 Å². The zero-order chi connectivity index (χ0) is 34.8. The lowest BCUT2D eigenvalue weighted by molar-refractivity contribution is 1.19. The van der Waals surface area contributed by atoms with Crippen LogP contribution in [0.25, 0.3) is 103 Å². The van der Waals surface area contributed by atoms with Crippen LogP contribution in [0.3, 0.4) is 0 Å². The van der Waals surface area contributed by atoms with Crippen LogP contribution in [0, 0.1) is 6.92 Å². The lowest BCUT2D eigenvalue weighted by Gasteiger charge is -2.16. The summed E-state index contributed by atoms with van der Waals surface area (Å²) in [5.74, 6) is 0.720. The predicted molar refractivity (Wildman–Crippen MR) is 227 cm³/mol. The second kappa shape index (κ2) is 12.4. The van der Waals surface area contributed by atoms with E-state index in [2.05, 4.69) is 172 Å². The third-order valence-corrected chi connectivity index (χ3v) is 12.8. The fourth-order valence-corrected chi connectivity index (χ4v) is 10.3. The summed E-state index contributed by atoms with van der Waals surface area (Å²) in [5.41, 5.74) is 8.72. The molecule has 0 fully saturated rings. The number of aromatic nitrogens is 2. The summed E-state index contributed by atoms with van der Waals surface area (Å²) in [6.07, 6.45) is 4.34. The molecular formula is C48H32N2S2. The molecule has 3 heterocycles. The number of rotatable bonds is 5. The normalized spacial score (nSPS) is 12.0. The van der Waals surface area contributed by atoms with Gasteiger partial charge in [-0.15, -0.1) is 22.7 Å². The number of aryl methyl sites for hydroxylation is 1. The lowest BCUT2D eigenvalue weighted by Crippen LogP contribution is -1.98. The highest BCUT2D eigenvalue weighted by atomic mass is 32.1. The Bertz CT molecular complexity index is 3050. The van der Waals surface area contributed by atoms with E-state index >= 15 is 0 Å². The molecule has 52 heavy (non-hydrogen) atoms. The smallest absolute Gasteiger partial charge is 0.161 e. The van der Waals surface area contributed by atoms with Crippen LogP contribution in [0.1, 0.15) is 17.4 Å². The van der Waals surface area contributed by atoms with Gasteiger partial charge in [-0.1, -0.05) is 133 Å². The van der Waals surface area contributed by atoms with Gasteiger partial charge in [0.05, 0.1) is 11.4 Å². The molecule has 0 spiro atoms. The van der Waals surface area contributed by atoms with Gasteiger partial charge in [-0.25, -0.2) is 9.97 Å². The summed E-state index contributed by atoms with van der Waals surface area (Å²) < 4.78 is 3.77. The molecule has 3 aromatic heterocycles. The molecule has 0 aliphatic carbocycles. The number of hydrogen-bond donors (Lipinski definition) is 0. The van der Waals surface area contributed by atoms with E-state index in [1.54, 1.807) is 0 Å². The van der Waals surface area contributed by atoms with Crippen molar-refractivity contribution >= 4 is 80.6 Å². The van der Waals surface area contributed by atoms with Crippen LogP contribution >= 0.6 is 22.7 Å². The topological polar surface area (TPSA) is 25.8 Å². The highest BCUT2D eigenvalue weighted by Crippen LogP contribution is 2.44. The maximum atomic E-state index is 5.47. The molecule has 246 valence electrons. The molecule has 0 atom stereocenters. The lowest BCUT2D eigenvalue weighted by atomic mass is 9.90. The molecule has 0 unspecified atom stereocenters. The van der Waals surface area contributed by atoms with Gasteiger partial charge in [0, 0.05) is 46.4 Å². The van der Waals surface area contributed by atoms with E-state index in [9.17, 15) is 0 Å². The predicted octanol–water partition coefficient (Wildman–Crippen LogP) is 14.4. The van der Waals surface area contributed by atoms with E-state index in [0.29, 0.717) is 0 Å². The summed E-state index contributed by atoms with van der Waals surface area (Å²) in [5, 5.41) is 8.75. The van der Waals surface area contributed by atoms with Crippen LogP contribution in [0.5, 0.6) is 0 Å². The highest BCUT2D eigenvalue weighted by molar-refractivity contribution is 7.26. The Kier molecular flexibility index (Phi) is 7.34. The molecule has 0 amide bonds. The van der Waals surface area contributed by atoms with Gasteiger partial charge in [0.25, 0.3) is 0 Å². The van der Waals surface area contributed by atoms with Crippen molar-refractivity contribution in [2.24, 2.45) is 0 Å². The number of hydrogen-bond acceptors (Lipinski definition) is 4. The monoisotopic (exact) mass is 700 g/mol. The Morgan fingerprint density at radius 1 is 0.462 bits per heavy atom. The van der Waals surface area contributed by atoms with Gasteiger partial charge in [0.2, 0.25) is 0 Å². The Morgan fingerprint density at radius 2 is 1.04 bits per heavy atom. The van der Waals surface area contributed by atoms with Crippen LogP contribution < -0.4 is 0 Å². The van der Waals surface area contributed by atoms with Gasteiger partial charge in [-0.3, -0.25) is 0 Å². The summed E-state index contributed by atoms with van der Waals surface area (Å²) >= 11 is 3.67. The minimum Gasteiger partial charge on any atom is -0.228 e. The van der Waals surface area contributed by atoms with Crippen LogP contribution in [-0.2, 0) is 0 Å². The van der Waals surface area contributed by atoms with Crippen molar-refractivity contribution in [1.29, 1.82) is 0 Å². The number of benzene rings is 7. The molecule has 4 heteroatoms. The van der Waals surface area contributed by atoms with Crippen molar-refractivity contribution in [3.8, 4) is 45.0 Å². The summed E-state index contributed by atoms with van der Waals surface area (Å²) in [6, 6.07) is 52.5. The molecule has 0 N–H and O–H groups in total. The van der Waals surface area contributed by atoms with Crippen molar-refractivity contribution in [2.75, 3.05) is 0 Å². The quantitative estimate of drug-likeness (QED) is 0.167. The molecule has 10 rings (SSSR count). The van der Waals surface area contributed by atoms with Gasteiger partial charge >= 0.3 is 0 Å². The second-order valence-electron chi connectivity index (χ2n) is 13.3. The van der Waals surface area contributed by atoms with Crippen molar-refractivity contribution in [3.05, 3.63) is 162 Å².